The van der Waals surface area contributed by atoms with Gasteiger partial charge in [0.2, 0.25) is 0 Å². The molecule has 33 heavy (non-hydrogen) atoms. The number of aromatic nitrogens is 1. The third-order valence-electron chi connectivity index (χ3n) is 4.77. The molecule has 6 heteroatoms. The molecular formula is C27H24N2O4. The number of ether oxygens (including phenoxy) is 3. The lowest BCUT2D eigenvalue weighted by Crippen LogP contribution is -2.24. The quantitative estimate of drug-likeness (QED) is 0.499. The first-order chi connectivity index (χ1) is 16.1. The SMILES string of the molecule is C#CCOc1ccc(-c2ncccc2NC(=O)C(OCC#C)c2ccc(C)cc2)cc1OC. The van der Waals surface area contributed by atoms with Crippen molar-refractivity contribution in [1.82, 2.24) is 4.98 Å². The Morgan fingerprint density at radius 3 is 2.52 bits per heavy atom. The fourth-order valence-electron chi connectivity index (χ4n) is 3.18. The second-order valence-corrected chi connectivity index (χ2v) is 7.05. The Balaban J connectivity index is 1.90. The number of rotatable bonds is 9. The van der Waals surface area contributed by atoms with Crippen molar-refractivity contribution in [3.05, 3.63) is 71.9 Å². The molecule has 166 valence electrons. The van der Waals surface area contributed by atoms with Gasteiger partial charge >= 0.3 is 0 Å². The van der Waals surface area contributed by atoms with E-state index >= 15 is 0 Å². The zero-order valence-corrected chi connectivity index (χ0v) is 18.5. The number of anilines is 1. The van der Waals surface area contributed by atoms with E-state index in [0.29, 0.717) is 28.4 Å². The molecule has 1 N–H and O–H groups in total. The van der Waals surface area contributed by atoms with Crippen molar-refractivity contribution in [3.8, 4) is 47.4 Å². The molecule has 0 saturated heterocycles. The molecule has 1 unspecified atom stereocenters. The van der Waals surface area contributed by atoms with Crippen LogP contribution in [0.3, 0.4) is 0 Å². The summed E-state index contributed by atoms with van der Waals surface area (Å²) in [5.74, 6) is 5.50. The number of aryl methyl sites for hydroxylation is 1. The zero-order chi connectivity index (χ0) is 23.6. The third-order valence-corrected chi connectivity index (χ3v) is 4.77. The molecule has 3 rings (SSSR count). The van der Waals surface area contributed by atoms with Gasteiger partial charge in [-0.3, -0.25) is 9.78 Å². The molecule has 0 bridgehead atoms. The van der Waals surface area contributed by atoms with Gasteiger partial charge in [-0.25, -0.2) is 0 Å². The predicted octanol–water partition coefficient (Wildman–Crippen LogP) is 4.41. The fourth-order valence-corrected chi connectivity index (χ4v) is 3.18. The van der Waals surface area contributed by atoms with Crippen LogP contribution >= 0.6 is 0 Å². The summed E-state index contributed by atoms with van der Waals surface area (Å²) in [5.41, 5.74) is 3.59. The van der Waals surface area contributed by atoms with Gasteiger partial charge in [-0.1, -0.05) is 41.7 Å². The van der Waals surface area contributed by atoms with E-state index in [2.05, 4.69) is 22.1 Å². The monoisotopic (exact) mass is 440 g/mol. The molecule has 0 aliphatic carbocycles. The predicted molar refractivity (Wildman–Crippen MR) is 128 cm³/mol. The molecule has 2 aromatic carbocycles. The minimum Gasteiger partial charge on any atom is -0.493 e. The zero-order valence-electron chi connectivity index (χ0n) is 18.5. The average molecular weight is 440 g/mol. The summed E-state index contributed by atoms with van der Waals surface area (Å²) in [4.78, 5) is 17.6. The maximum Gasteiger partial charge on any atom is 0.258 e. The van der Waals surface area contributed by atoms with E-state index in [-0.39, 0.29) is 19.1 Å². The minimum absolute atomic E-state index is 0.00216. The molecule has 1 atom stereocenters. The molecule has 0 spiro atoms. The third kappa shape index (κ3) is 5.92. The lowest BCUT2D eigenvalue weighted by atomic mass is 10.1. The number of hydrogen-bond acceptors (Lipinski definition) is 5. The van der Waals surface area contributed by atoms with Gasteiger partial charge in [0.25, 0.3) is 5.91 Å². The van der Waals surface area contributed by atoms with Gasteiger partial charge in [-0.05, 0) is 42.8 Å². The fraction of sp³-hybridized carbons (Fsp3) is 0.185. The van der Waals surface area contributed by atoms with Crippen molar-refractivity contribution >= 4 is 11.6 Å². The Morgan fingerprint density at radius 1 is 1.06 bits per heavy atom. The van der Waals surface area contributed by atoms with Crippen LogP contribution in [0.4, 0.5) is 5.69 Å². The first-order valence-electron chi connectivity index (χ1n) is 10.2. The average Bonchev–Trinajstić information content (AvgIpc) is 2.84. The molecule has 0 aliphatic heterocycles. The standard InChI is InChI=1S/C27H24N2O4/c1-5-16-32-23-14-13-21(18-24(23)31-4)25-22(8-7-15-28-25)29-27(30)26(33-17-6-2)20-11-9-19(3)10-12-20/h1-2,7-15,18,26H,16-17H2,3-4H3,(H,29,30). The van der Waals surface area contributed by atoms with Crippen molar-refractivity contribution in [3.63, 3.8) is 0 Å². The van der Waals surface area contributed by atoms with E-state index in [1.807, 2.05) is 37.3 Å². The first kappa shape index (κ1) is 23.4. The summed E-state index contributed by atoms with van der Waals surface area (Å²) in [5, 5.41) is 2.92. The van der Waals surface area contributed by atoms with Gasteiger partial charge in [0, 0.05) is 11.8 Å². The number of carbonyl (C=O) groups excluding carboxylic acids is 1. The Labute approximate surface area is 193 Å². The van der Waals surface area contributed by atoms with Crippen molar-refractivity contribution in [2.24, 2.45) is 0 Å². The number of amides is 1. The van der Waals surface area contributed by atoms with Crippen LogP contribution in [-0.4, -0.2) is 31.2 Å². The highest BCUT2D eigenvalue weighted by atomic mass is 16.5. The molecule has 0 aliphatic rings. The molecular weight excluding hydrogens is 416 g/mol. The van der Waals surface area contributed by atoms with E-state index < -0.39 is 6.10 Å². The van der Waals surface area contributed by atoms with Crippen LogP contribution < -0.4 is 14.8 Å². The van der Waals surface area contributed by atoms with E-state index in [9.17, 15) is 4.79 Å². The summed E-state index contributed by atoms with van der Waals surface area (Å²) in [6.07, 6.45) is 11.4. The lowest BCUT2D eigenvalue weighted by molar-refractivity contribution is -0.126. The van der Waals surface area contributed by atoms with E-state index in [4.69, 9.17) is 27.1 Å². The van der Waals surface area contributed by atoms with Crippen molar-refractivity contribution in [1.29, 1.82) is 0 Å². The lowest BCUT2D eigenvalue weighted by Gasteiger charge is -2.18. The Morgan fingerprint density at radius 2 is 1.82 bits per heavy atom. The molecule has 6 nitrogen and oxygen atoms in total. The van der Waals surface area contributed by atoms with Crippen molar-refractivity contribution in [2.45, 2.75) is 13.0 Å². The number of methoxy groups -OCH3 is 1. The van der Waals surface area contributed by atoms with E-state index in [1.54, 1.807) is 30.5 Å². The number of nitrogens with zero attached hydrogens (tertiary/aromatic N) is 1. The summed E-state index contributed by atoms with van der Waals surface area (Å²) >= 11 is 0. The summed E-state index contributed by atoms with van der Waals surface area (Å²) in [7, 11) is 1.54. The molecule has 0 saturated carbocycles. The van der Waals surface area contributed by atoms with E-state index in [1.165, 1.54) is 7.11 Å². The van der Waals surface area contributed by atoms with Crippen LogP contribution in [0.15, 0.2) is 60.8 Å². The molecule has 1 amide bonds. The van der Waals surface area contributed by atoms with Crippen LogP contribution in [0.1, 0.15) is 17.2 Å². The largest absolute Gasteiger partial charge is 0.493 e. The topological polar surface area (TPSA) is 69.7 Å². The smallest absolute Gasteiger partial charge is 0.258 e. The van der Waals surface area contributed by atoms with Gasteiger partial charge in [-0.15, -0.1) is 12.8 Å². The highest BCUT2D eigenvalue weighted by Gasteiger charge is 2.23. The van der Waals surface area contributed by atoms with Crippen LogP contribution in [0, 0.1) is 31.6 Å². The molecule has 1 heterocycles. The van der Waals surface area contributed by atoms with Gasteiger partial charge in [-0.2, -0.15) is 0 Å². The summed E-state index contributed by atoms with van der Waals surface area (Å²) < 4.78 is 16.6. The van der Waals surface area contributed by atoms with Gasteiger partial charge in [0.15, 0.2) is 17.6 Å². The number of benzene rings is 2. The first-order valence-corrected chi connectivity index (χ1v) is 10.2. The molecule has 1 aromatic heterocycles. The van der Waals surface area contributed by atoms with Crippen LogP contribution in [0.5, 0.6) is 11.5 Å². The number of terminal acetylenes is 2. The number of pyridine rings is 1. The van der Waals surface area contributed by atoms with Gasteiger partial charge in [0.1, 0.15) is 13.2 Å². The van der Waals surface area contributed by atoms with Crippen molar-refractivity contribution in [2.75, 3.05) is 25.6 Å². The Kier molecular flexibility index (Phi) is 8.07. The van der Waals surface area contributed by atoms with Crippen LogP contribution in [0.25, 0.3) is 11.3 Å². The van der Waals surface area contributed by atoms with E-state index in [0.717, 1.165) is 11.1 Å². The van der Waals surface area contributed by atoms with Gasteiger partial charge < -0.3 is 19.5 Å². The maximum absolute atomic E-state index is 13.2. The highest BCUT2D eigenvalue weighted by Crippen LogP contribution is 2.35. The summed E-state index contributed by atoms with van der Waals surface area (Å²) in [6.45, 7) is 2.10. The summed E-state index contributed by atoms with van der Waals surface area (Å²) in [6, 6.07) is 16.4. The van der Waals surface area contributed by atoms with Crippen molar-refractivity contribution < 1.29 is 19.0 Å². The Hall–Kier alpha value is -4.26. The van der Waals surface area contributed by atoms with Crippen LogP contribution in [-0.2, 0) is 9.53 Å². The van der Waals surface area contributed by atoms with Gasteiger partial charge in [0.05, 0.1) is 18.5 Å². The second kappa shape index (κ2) is 11.4. The normalized spacial score (nSPS) is 11.0. The number of hydrogen-bond donors (Lipinski definition) is 1. The molecule has 0 fully saturated rings. The minimum atomic E-state index is -0.871. The Bertz CT molecular complexity index is 1190. The molecule has 0 radical (unpaired) electrons. The second-order valence-electron chi connectivity index (χ2n) is 7.05. The maximum atomic E-state index is 13.2. The molecule has 3 aromatic rings. The number of nitrogens with one attached hydrogen (secondary N) is 1. The highest BCUT2D eigenvalue weighted by molar-refractivity contribution is 5.98. The number of carbonyl (C=O) groups is 1. The van der Waals surface area contributed by atoms with Crippen LogP contribution in [0.2, 0.25) is 0 Å².